The van der Waals surface area contributed by atoms with Crippen molar-refractivity contribution in [3.8, 4) is 0 Å². The lowest BCUT2D eigenvalue weighted by atomic mass is 10.0. The van der Waals surface area contributed by atoms with E-state index in [1.807, 2.05) is 6.92 Å². The van der Waals surface area contributed by atoms with Gasteiger partial charge in [-0.25, -0.2) is 0 Å². The largest absolute Gasteiger partial charge is 0.465 e. The Labute approximate surface area is 333 Å². The molecule has 0 aromatic carbocycles. The average molecular weight is 749 g/mol. The van der Waals surface area contributed by atoms with Gasteiger partial charge in [-0.15, -0.1) is 0 Å². The summed E-state index contributed by atoms with van der Waals surface area (Å²) in [5.41, 5.74) is 0. The standard InChI is InChI=1S/C49H96O4/c1-5-7-9-11-13-15-17-19-21-23-24-26-28-30-32-34-36-38-40-42-48(50)53-45-46(3)43-44-52-49(51)47(4)41-39-37-35-33-31-29-27-25-22-20-18-16-14-12-10-8-6-2/h46-47H,5-45H2,1-4H3. The summed E-state index contributed by atoms with van der Waals surface area (Å²) in [6.07, 6.45) is 51.3. The second kappa shape index (κ2) is 43.7. The van der Waals surface area contributed by atoms with Crippen molar-refractivity contribution in [1.82, 2.24) is 0 Å². The maximum Gasteiger partial charge on any atom is 0.308 e. The lowest BCUT2D eigenvalue weighted by Crippen LogP contribution is -2.18. The van der Waals surface area contributed by atoms with Crippen LogP contribution in [0.5, 0.6) is 0 Å². The number of hydrogen-bond acceptors (Lipinski definition) is 4. The lowest BCUT2D eigenvalue weighted by Gasteiger charge is -2.14. The zero-order valence-corrected chi connectivity index (χ0v) is 36.8. The molecule has 0 aliphatic carbocycles. The molecule has 0 heterocycles. The van der Waals surface area contributed by atoms with E-state index in [0.29, 0.717) is 19.6 Å². The molecule has 0 aromatic heterocycles. The number of ether oxygens (including phenoxy) is 2. The van der Waals surface area contributed by atoms with Crippen molar-refractivity contribution < 1.29 is 19.1 Å². The Kier molecular flexibility index (Phi) is 42.8. The van der Waals surface area contributed by atoms with Crippen LogP contribution >= 0.6 is 0 Å². The molecule has 0 amide bonds. The Morgan fingerprint density at radius 1 is 0.377 bits per heavy atom. The average Bonchev–Trinajstić information content (AvgIpc) is 3.16. The molecule has 53 heavy (non-hydrogen) atoms. The molecule has 0 fully saturated rings. The molecular formula is C49H96O4. The van der Waals surface area contributed by atoms with Crippen LogP contribution in [-0.2, 0) is 19.1 Å². The SMILES string of the molecule is CCCCCCCCCCCCCCCCCCCCCC(=O)OCC(C)CCOC(=O)C(C)CCCCCCCCCCCCCCCCCCC. The van der Waals surface area contributed by atoms with E-state index in [9.17, 15) is 9.59 Å². The van der Waals surface area contributed by atoms with Crippen molar-refractivity contribution in [1.29, 1.82) is 0 Å². The monoisotopic (exact) mass is 749 g/mol. The first-order valence-electron chi connectivity index (χ1n) is 24.3. The van der Waals surface area contributed by atoms with Gasteiger partial charge in [0.25, 0.3) is 0 Å². The van der Waals surface area contributed by atoms with E-state index in [1.165, 1.54) is 212 Å². The van der Waals surface area contributed by atoms with E-state index >= 15 is 0 Å². The molecule has 0 spiro atoms. The predicted octanol–water partition coefficient (Wildman–Crippen LogP) is 16.6. The molecule has 0 radical (unpaired) electrons. The van der Waals surface area contributed by atoms with Crippen molar-refractivity contribution >= 4 is 11.9 Å². The summed E-state index contributed by atoms with van der Waals surface area (Å²) in [5.74, 6) is 0.0227. The van der Waals surface area contributed by atoms with Crippen LogP contribution in [0.4, 0.5) is 0 Å². The molecular weight excluding hydrogens is 653 g/mol. The number of unbranched alkanes of at least 4 members (excludes halogenated alkanes) is 34. The van der Waals surface area contributed by atoms with Gasteiger partial charge in [0.15, 0.2) is 0 Å². The molecule has 0 aliphatic rings. The molecule has 0 N–H and O–H groups in total. The zero-order chi connectivity index (χ0) is 38.7. The van der Waals surface area contributed by atoms with Gasteiger partial charge in [0.1, 0.15) is 0 Å². The maximum atomic E-state index is 12.4. The van der Waals surface area contributed by atoms with Gasteiger partial charge in [-0.2, -0.15) is 0 Å². The molecule has 0 aliphatic heterocycles. The fraction of sp³-hybridized carbons (Fsp3) is 0.959. The summed E-state index contributed by atoms with van der Waals surface area (Å²) in [7, 11) is 0. The van der Waals surface area contributed by atoms with Crippen molar-refractivity contribution in [2.24, 2.45) is 11.8 Å². The Hall–Kier alpha value is -1.06. The molecule has 0 aromatic rings. The maximum absolute atomic E-state index is 12.4. The van der Waals surface area contributed by atoms with Gasteiger partial charge in [0.05, 0.1) is 19.1 Å². The molecule has 4 nitrogen and oxygen atoms in total. The van der Waals surface area contributed by atoms with Crippen LogP contribution in [0.1, 0.15) is 278 Å². The van der Waals surface area contributed by atoms with Crippen LogP contribution in [0, 0.1) is 11.8 Å². The molecule has 0 saturated carbocycles. The van der Waals surface area contributed by atoms with E-state index in [-0.39, 0.29) is 23.8 Å². The summed E-state index contributed by atoms with van der Waals surface area (Å²) < 4.78 is 11.1. The summed E-state index contributed by atoms with van der Waals surface area (Å²) in [6, 6.07) is 0. The van der Waals surface area contributed by atoms with Gasteiger partial charge in [-0.1, -0.05) is 252 Å². The second-order valence-corrected chi connectivity index (χ2v) is 17.2. The first-order valence-corrected chi connectivity index (χ1v) is 24.3. The van der Waals surface area contributed by atoms with E-state index in [0.717, 1.165) is 32.1 Å². The van der Waals surface area contributed by atoms with Crippen LogP contribution < -0.4 is 0 Å². The van der Waals surface area contributed by atoms with E-state index in [4.69, 9.17) is 9.47 Å². The normalized spacial score (nSPS) is 12.6. The fourth-order valence-corrected chi connectivity index (χ4v) is 7.53. The number of hydrogen-bond donors (Lipinski definition) is 0. The van der Waals surface area contributed by atoms with Gasteiger partial charge in [-0.05, 0) is 25.2 Å². The minimum absolute atomic E-state index is 0.0290. The summed E-state index contributed by atoms with van der Waals surface area (Å²) in [6.45, 7) is 9.49. The smallest absolute Gasteiger partial charge is 0.308 e. The van der Waals surface area contributed by atoms with Crippen molar-refractivity contribution in [2.45, 2.75) is 278 Å². The summed E-state index contributed by atoms with van der Waals surface area (Å²) in [5, 5.41) is 0. The minimum Gasteiger partial charge on any atom is -0.465 e. The minimum atomic E-state index is -0.0801. The van der Waals surface area contributed by atoms with Gasteiger partial charge >= 0.3 is 11.9 Å². The first kappa shape index (κ1) is 51.9. The van der Waals surface area contributed by atoms with Gasteiger partial charge in [-0.3, -0.25) is 9.59 Å². The summed E-state index contributed by atoms with van der Waals surface area (Å²) >= 11 is 0. The van der Waals surface area contributed by atoms with Crippen LogP contribution in [-0.4, -0.2) is 25.2 Å². The van der Waals surface area contributed by atoms with Crippen molar-refractivity contribution in [3.63, 3.8) is 0 Å². The highest BCUT2D eigenvalue weighted by molar-refractivity contribution is 5.71. The lowest BCUT2D eigenvalue weighted by molar-refractivity contribution is -0.150. The molecule has 4 heteroatoms. The molecule has 0 rings (SSSR count). The molecule has 0 saturated heterocycles. The van der Waals surface area contributed by atoms with Crippen molar-refractivity contribution in [3.05, 3.63) is 0 Å². The van der Waals surface area contributed by atoms with Crippen LogP contribution in [0.25, 0.3) is 0 Å². The topological polar surface area (TPSA) is 52.6 Å². The predicted molar refractivity (Wildman–Crippen MR) is 232 cm³/mol. The highest BCUT2D eigenvalue weighted by Crippen LogP contribution is 2.18. The molecule has 0 bridgehead atoms. The first-order chi connectivity index (χ1) is 26.0. The molecule has 316 valence electrons. The van der Waals surface area contributed by atoms with Crippen LogP contribution in [0.2, 0.25) is 0 Å². The van der Waals surface area contributed by atoms with Crippen molar-refractivity contribution in [2.75, 3.05) is 13.2 Å². The third-order valence-electron chi connectivity index (χ3n) is 11.5. The third-order valence-corrected chi connectivity index (χ3v) is 11.5. The number of esters is 2. The fourth-order valence-electron chi connectivity index (χ4n) is 7.53. The Bertz CT molecular complexity index is 736. The van der Waals surface area contributed by atoms with E-state index in [2.05, 4.69) is 20.8 Å². The van der Waals surface area contributed by atoms with Gasteiger partial charge in [0, 0.05) is 6.42 Å². The van der Waals surface area contributed by atoms with Gasteiger partial charge in [0.2, 0.25) is 0 Å². The second-order valence-electron chi connectivity index (χ2n) is 17.2. The van der Waals surface area contributed by atoms with Crippen LogP contribution in [0.15, 0.2) is 0 Å². The Morgan fingerprint density at radius 3 is 1.02 bits per heavy atom. The molecule has 2 unspecified atom stereocenters. The highest BCUT2D eigenvalue weighted by Gasteiger charge is 2.15. The summed E-state index contributed by atoms with van der Waals surface area (Å²) in [4.78, 5) is 24.6. The number of rotatable bonds is 44. The zero-order valence-electron chi connectivity index (χ0n) is 36.8. The number of carbonyl (C=O) groups is 2. The quantitative estimate of drug-likeness (QED) is 0.0460. The van der Waals surface area contributed by atoms with E-state index < -0.39 is 0 Å². The molecule has 2 atom stereocenters. The Morgan fingerprint density at radius 2 is 0.679 bits per heavy atom. The highest BCUT2D eigenvalue weighted by atomic mass is 16.5. The van der Waals surface area contributed by atoms with Crippen LogP contribution in [0.3, 0.4) is 0 Å². The Balaban J connectivity index is 3.43. The van der Waals surface area contributed by atoms with E-state index in [1.54, 1.807) is 0 Å². The number of carbonyl (C=O) groups excluding carboxylic acids is 2. The third kappa shape index (κ3) is 41.9. The van der Waals surface area contributed by atoms with Gasteiger partial charge < -0.3 is 9.47 Å².